The molecule has 9 atom stereocenters. The van der Waals surface area contributed by atoms with Gasteiger partial charge in [-0.3, -0.25) is 9.80 Å². The minimum absolute atomic E-state index is 0.0105. The second-order valence-corrected chi connectivity index (χ2v) is 9.52. The van der Waals surface area contributed by atoms with Gasteiger partial charge in [0.25, 0.3) is 0 Å². The van der Waals surface area contributed by atoms with Gasteiger partial charge in [0.15, 0.2) is 6.10 Å². The second kappa shape index (κ2) is 8.08. The molecule has 0 amide bonds. The van der Waals surface area contributed by atoms with Gasteiger partial charge in [0.2, 0.25) is 6.23 Å². The lowest BCUT2D eigenvalue weighted by molar-refractivity contribution is -0.972. The fourth-order valence-electron chi connectivity index (χ4n) is 5.52. The third-order valence-electron chi connectivity index (χ3n) is 7.42. The number of likely N-dealkylation sites (N-methyl/N-ethyl adjacent to an activating group) is 1. The van der Waals surface area contributed by atoms with E-state index in [0.29, 0.717) is 23.1 Å². The smallest absolute Gasteiger partial charge is 0.406 e. The summed E-state index contributed by atoms with van der Waals surface area (Å²) >= 11 is 0. The number of hydrogen-bond donors (Lipinski definition) is 5. The van der Waals surface area contributed by atoms with Crippen LogP contribution in [0.2, 0.25) is 0 Å². The summed E-state index contributed by atoms with van der Waals surface area (Å²) in [5.41, 5.74) is -1.53. The van der Waals surface area contributed by atoms with Gasteiger partial charge in [0.05, 0.1) is 20.3 Å². The van der Waals surface area contributed by atoms with Gasteiger partial charge in [-0.2, -0.15) is 0 Å². The molecular formula is C21H31F3N3O5+. The summed E-state index contributed by atoms with van der Waals surface area (Å²) in [5.74, 6) is -0.0996. The highest BCUT2D eigenvalue weighted by Crippen LogP contribution is 2.45. The lowest BCUT2D eigenvalue weighted by Gasteiger charge is -2.45. The number of nitrogens with zero attached hydrogens (tertiary/aromatic N) is 1. The van der Waals surface area contributed by atoms with Crippen LogP contribution in [-0.4, -0.2) is 82.7 Å². The number of fused-ring (bicyclic) bond motifs is 1. The van der Waals surface area contributed by atoms with E-state index in [-0.39, 0.29) is 11.7 Å². The minimum atomic E-state index is -4.82. The van der Waals surface area contributed by atoms with Gasteiger partial charge in [0.1, 0.15) is 29.7 Å². The number of alkyl halides is 3. The van der Waals surface area contributed by atoms with Crippen LogP contribution in [0.5, 0.6) is 5.75 Å². The maximum Gasteiger partial charge on any atom is 0.573 e. The number of rotatable bonds is 4. The molecule has 0 radical (unpaired) electrons. The highest BCUT2D eigenvalue weighted by Gasteiger charge is 2.65. The molecule has 5 N–H and O–H groups in total. The van der Waals surface area contributed by atoms with Crippen molar-refractivity contribution in [1.82, 2.24) is 10.6 Å². The monoisotopic (exact) mass is 462 g/mol. The topological polar surface area (TPSA) is 103 Å². The van der Waals surface area contributed by atoms with Crippen LogP contribution in [0.15, 0.2) is 24.3 Å². The number of ether oxygens (including phenoxy) is 2. The Hall–Kier alpha value is -1.47. The Morgan fingerprint density at radius 2 is 1.91 bits per heavy atom. The average molecular weight is 462 g/mol. The molecule has 32 heavy (non-hydrogen) atoms. The molecule has 11 heteroatoms. The largest absolute Gasteiger partial charge is 0.573 e. The van der Waals surface area contributed by atoms with Crippen LogP contribution in [0.25, 0.3) is 0 Å². The summed E-state index contributed by atoms with van der Waals surface area (Å²) < 4.78 is 47.5. The maximum absolute atomic E-state index is 12.4. The predicted octanol–water partition coefficient (Wildman–Crippen LogP) is 0.787. The molecule has 3 fully saturated rings. The minimum Gasteiger partial charge on any atom is -0.406 e. The lowest BCUT2D eigenvalue weighted by atomic mass is 9.88. The fraction of sp³-hybridized carbons (Fsp3) is 0.714. The van der Waals surface area contributed by atoms with Crippen LogP contribution in [-0.2, 0) is 4.74 Å². The first kappa shape index (κ1) is 23.7. The number of aliphatic hydroxyl groups is 3. The number of hydrogen-bond acceptors (Lipinski definition) is 7. The van der Waals surface area contributed by atoms with Crippen molar-refractivity contribution < 1.29 is 42.4 Å². The van der Waals surface area contributed by atoms with E-state index in [2.05, 4.69) is 22.3 Å². The van der Waals surface area contributed by atoms with Crippen molar-refractivity contribution in [3.63, 3.8) is 0 Å². The summed E-state index contributed by atoms with van der Waals surface area (Å²) in [4.78, 5) is 0. The third-order valence-corrected chi connectivity index (χ3v) is 7.42. The normalized spacial score (nSPS) is 43.2. The number of likely N-dealkylation sites (tertiary alicyclic amines) is 1. The number of aliphatic hydroxyl groups excluding tert-OH is 2. The van der Waals surface area contributed by atoms with Gasteiger partial charge in [0, 0.05) is 18.4 Å². The SMILES string of the molecule is CC1NCNC2C1CC[N+]2(C)[C@@H]1O[C@H]([C@H](O)c2ccc(OC(F)(F)F)cc2)[C@@](C)(O)[C@H]1O. The Kier molecular flexibility index (Phi) is 5.98. The quantitative estimate of drug-likeness (QED) is 0.422. The van der Waals surface area contributed by atoms with Crippen molar-refractivity contribution >= 4 is 0 Å². The zero-order chi connectivity index (χ0) is 23.5. The van der Waals surface area contributed by atoms with Crippen molar-refractivity contribution in [3.05, 3.63) is 29.8 Å². The zero-order valence-corrected chi connectivity index (χ0v) is 18.2. The highest BCUT2D eigenvalue weighted by atomic mass is 19.4. The summed E-state index contributed by atoms with van der Waals surface area (Å²) in [7, 11) is 1.97. The number of benzene rings is 1. The molecular weight excluding hydrogens is 431 g/mol. The predicted molar refractivity (Wildman–Crippen MR) is 107 cm³/mol. The van der Waals surface area contributed by atoms with Crippen molar-refractivity contribution in [2.24, 2.45) is 5.92 Å². The maximum atomic E-state index is 12.4. The Bertz CT molecular complexity index is 824. The Morgan fingerprint density at radius 1 is 1.25 bits per heavy atom. The van der Waals surface area contributed by atoms with Gasteiger partial charge in [-0.15, -0.1) is 13.2 Å². The molecule has 4 rings (SSSR count). The first-order valence-electron chi connectivity index (χ1n) is 10.8. The van der Waals surface area contributed by atoms with Crippen LogP contribution in [0, 0.1) is 5.92 Å². The molecule has 1 aromatic rings. The third kappa shape index (κ3) is 4.00. The van der Waals surface area contributed by atoms with Crippen LogP contribution >= 0.6 is 0 Å². The summed E-state index contributed by atoms with van der Waals surface area (Å²) in [5, 5.41) is 39.9. The van der Waals surface area contributed by atoms with Gasteiger partial charge in [-0.05, 0) is 31.5 Å². The highest BCUT2D eigenvalue weighted by molar-refractivity contribution is 5.30. The molecule has 8 nitrogen and oxygen atoms in total. The van der Waals surface area contributed by atoms with E-state index in [1.807, 2.05) is 7.05 Å². The van der Waals surface area contributed by atoms with Gasteiger partial charge < -0.3 is 30.1 Å². The van der Waals surface area contributed by atoms with Crippen molar-refractivity contribution in [1.29, 1.82) is 0 Å². The van der Waals surface area contributed by atoms with E-state index in [4.69, 9.17) is 4.74 Å². The molecule has 4 unspecified atom stereocenters. The van der Waals surface area contributed by atoms with Crippen molar-refractivity contribution in [2.45, 2.75) is 69.0 Å². The summed E-state index contributed by atoms with van der Waals surface area (Å²) in [6.07, 6.45) is -8.50. The van der Waals surface area contributed by atoms with Gasteiger partial charge in [-0.25, -0.2) is 0 Å². The lowest BCUT2D eigenvalue weighted by Crippen LogP contribution is -2.69. The molecule has 3 saturated heterocycles. The molecule has 3 aliphatic rings. The van der Waals surface area contributed by atoms with Crippen LogP contribution in [0.3, 0.4) is 0 Å². The molecule has 3 heterocycles. The fourth-order valence-corrected chi connectivity index (χ4v) is 5.52. The average Bonchev–Trinajstić information content (AvgIpc) is 3.17. The van der Waals surface area contributed by atoms with Crippen molar-refractivity contribution in [3.8, 4) is 5.75 Å². The standard InChI is InChI=1S/C21H31F3N3O5/c1-11-14-8-9-27(3,18(14)26-10-25-11)19-16(29)20(2,30)17(31-19)15(28)12-4-6-13(7-5-12)32-21(22,23)24/h4-7,11,14-19,25-26,28-30H,8-10H2,1-3H3/q+1/t11?,14?,15-,16+,17-,18?,19-,20+,27?/m1/s1. The molecule has 0 aliphatic carbocycles. The number of quaternary nitrogens is 1. The molecule has 1 aromatic carbocycles. The van der Waals surface area contributed by atoms with E-state index in [9.17, 15) is 28.5 Å². The zero-order valence-electron chi connectivity index (χ0n) is 18.2. The number of halogens is 3. The number of nitrogens with one attached hydrogen (secondary N) is 2. The van der Waals surface area contributed by atoms with E-state index >= 15 is 0 Å². The van der Waals surface area contributed by atoms with Crippen molar-refractivity contribution in [2.75, 3.05) is 20.3 Å². The summed E-state index contributed by atoms with van der Waals surface area (Å²) in [6, 6.07) is 5.02. The second-order valence-electron chi connectivity index (χ2n) is 9.52. The van der Waals surface area contributed by atoms with E-state index in [0.717, 1.165) is 25.1 Å². The molecule has 0 bridgehead atoms. The molecule has 0 aromatic heterocycles. The Labute approximate surface area is 184 Å². The molecule has 0 saturated carbocycles. The Balaban J connectivity index is 1.54. The van der Waals surface area contributed by atoms with Crippen LogP contribution in [0.1, 0.15) is 31.9 Å². The van der Waals surface area contributed by atoms with Crippen LogP contribution in [0.4, 0.5) is 13.2 Å². The van der Waals surface area contributed by atoms with Crippen LogP contribution < -0.4 is 15.4 Å². The van der Waals surface area contributed by atoms with E-state index in [1.165, 1.54) is 19.1 Å². The first-order chi connectivity index (χ1) is 14.8. The first-order valence-corrected chi connectivity index (χ1v) is 10.8. The van der Waals surface area contributed by atoms with E-state index < -0.39 is 42.3 Å². The molecule has 180 valence electrons. The molecule has 0 spiro atoms. The Morgan fingerprint density at radius 3 is 2.53 bits per heavy atom. The van der Waals surface area contributed by atoms with Gasteiger partial charge in [-0.1, -0.05) is 12.1 Å². The summed E-state index contributed by atoms with van der Waals surface area (Å²) in [6.45, 7) is 4.87. The van der Waals surface area contributed by atoms with E-state index in [1.54, 1.807) is 0 Å². The van der Waals surface area contributed by atoms with Gasteiger partial charge >= 0.3 is 6.36 Å². The molecule has 3 aliphatic heterocycles.